The van der Waals surface area contributed by atoms with Crippen molar-refractivity contribution in [3.8, 4) is 11.4 Å². The minimum absolute atomic E-state index is 0.0703. The first-order valence-corrected chi connectivity index (χ1v) is 9.32. The molecule has 1 aromatic heterocycles. The summed E-state index contributed by atoms with van der Waals surface area (Å²) in [6.07, 6.45) is -0.569. The van der Waals surface area contributed by atoms with Crippen molar-refractivity contribution in [2.75, 3.05) is 13.2 Å². The van der Waals surface area contributed by atoms with Crippen molar-refractivity contribution in [2.45, 2.75) is 38.6 Å². The number of ether oxygens (including phenoxy) is 1. The molecule has 0 radical (unpaired) electrons. The number of nitrogens with zero attached hydrogens (tertiary/aromatic N) is 3. The minimum atomic E-state index is -4.71. The maximum Gasteiger partial charge on any atom is 0.471 e. The Morgan fingerprint density at radius 3 is 2.53 bits per heavy atom. The molecule has 1 aliphatic heterocycles. The van der Waals surface area contributed by atoms with E-state index in [4.69, 9.17) is 4.74 Å². The predicted molar refractivity (Wildman–Crippen MR) is 98.9 cm³/mol. The summed E-state index contributed by atoms with van der Waals surface area (Å²) in [6.45, 7) is 2.63. The highest BCUT2D eigenvalue weighted by Crippen LogP contribution is 2.29. The van der Waals surface area contributed by atoms with Gasteiger partial charge in [-0.05, 0) is 31.4 Å². The van der Waals surface area contributed by atoms with Crippen LogP contribution in [-0.2, 0) is 27.0 Å². The van der Waals surface area contributed by atoms with Crippen LogP contribution in [0.5, 0.6) is 0 Å². The van der Waals surface area contributed by atoms with E-state index in [1.807, 2.05) is 0 Å². The zero-order valence-electron chi connectivity index (χ0n) is 16.2. The fourth-order valence-electron chi connectivity index (χ4n) is 3.00. The van der Waals surface area contributed by atoms with E-state index in [-0.39, 0.29) is 30.2 Å². The maximum absolute atomic E-state index is 12.6. The lowest BCUT2D eigenvalue weighted by atomic mass is 10.1. The van der Waals surface area contributed by atoms with Crippen molar-refractivity contribution in [1.82, 2.24) is 15.0 Å². The highest BCUT2D eigenvalue weighted by molar-refractivity contribution is 5.96. The fraction of sp³-hybridized carbons (Fsp3) is 0.400. The first kappa shape index (κ1) is 21.7. The average Bonchev–Trinajstić information content (AvgIpc) is 3.38. The van der Waals surface area contributed by atoms with Crippen molar-refractivity contribution in [3.05, 3.63) is 47.9 Å². The molecule has 2 aromatic rings. The van der Waals surface area contributed by atoms with E-state index in [1.165, 1.54) is 19.1 Å². The van der Waals surface area contributed by atoms with Gasteiger partial charge in [-0.2, -0.15) is 18.2 Å². The van der Waals surface area contributed by atoms with Gasteiger partial charge in [0.2, 0.25) is 11.7 Å². The van der Waals surface area contributed by atoms with Crippen LogP contribution in [-0.4, -0.2) is 46.0 Å². The molecule has 10 heteroatoms. The van der Waals surface area contributed by atoms with Gasteiger partial charge in [0.25, 0.3) is 0 Å². The Morgan fingerprint density at radius 2 is 1.97 bits per heavy atom. The second-order valence-electron chi connectivity index (χ2n) is 6.92. The number of carbonyl (C=O) groups is 2. The Kier molecular flexibility index (Phi) is 6.66. The highest BCUT2D eigenvalue weighted by atomic mass is 19.4. The Hall–Kier alpha value is -3.01. The summed E-state index contributed by atoms with van der Waals surface area (Å²) >= 11 is 0. The van der Waals surface area contributed by atoms with Gasteiger partial charge >= 0.3 is 12.1 Å². The number of rotatable bonds is 7. The van der Waals surface area contributed by atoms with Gasteiger partial charge in [-0.1, -0.05) is 29.4 Å². The zero-order chi connectivity index (χ0) is 21.7. The van der Waals surface area contributed by atoms with Crippen LogP contribution in [0, 0.1) is 0 Å². The van der Waals surface area contributed by atoms with E-state index < -0.39 is 12.1 Å². The van der Waals surface area contributed by atoms with E-state index in [2.05, 4.69) is 14.7 Å². The summed E-state index contributed by atoms with van der Waals surface area (Å²) in [5.74, 6) is -2.14. The lowest BCUT2D eigenvalue weighted by Gasteiger charge is -2.24. The Bertz CT molecular complexity index is 916. The zero-order valence-corrected chi connectivity index (χ0v) is 16.2. The fourth-order valence-corrected chi connectivity index (χ4v) is 3.00. The average molecular weight is 423 g/mol. The number of hydrogen-bond donors (Lipinski definition) is 0. The molecule has 30 heavy (non-hydrogen) atoms. The molecule has 1 amide bonds. The van der Waals surface area contributed by atoms with E-state index in [1.54, 1.807) is 29.2 Å². The van der Waals surface area contributed by atoms with Crippen LogP contribution in [0.4, 0.5) is 13.2 Å². The molecule has 1 unspecified atom stereocenters. The largest absolute Gasteiger partial charge is 0.471 e. The summed E-state index contributed by atoms with van der Waals surface area (Å²) in [5, 5.41) is 3.35. The first-order chi connectivity index (χ1) is 14.2. The SMILES string of the molecule is CC(=O)C=CC(=O)N(Cc1ccc(-c2noc(C(F)(F)F)n2)cc1)CC1CCCO1. The first-order valence-electron chi connectivity index (χ1n) is 9.32. The van der Waals surface area contributed by atoms with Gasteiger partial charge in [0.05, 0.1) is 6.10 Å². The molecule has 1 saturated heterocycles. The third-order valence-electron chi connectivity index (χ3n) is 4.47. The van der Waals surface area contributed by atoms with Crippen molar-refractivity contribution in [1.29, 1.82) is 0 Å². The van der Waals surface area contributed by atoms with Crippen LogP contribution in [0.2, 0.25) is 0 Å². The molecule has 0 spiro atoms. The van der Waals surface area contributed by atoms with E-state index in [0.29, 0.717) is 18.7 Å². The van der Waals surface area contributed by atoms with Crippen molar-refractivity contribution >= 4 is 11.7 Å². The van der Waals surface area contributed by atoms with E-state index in [0.717, 1.165) is 18.4 Å². The maximum atomic E-state index is 12.6. The molecule has 1 atom stereocenters. The predicted octanol–water partition coefficient (Wildman–Crippen LogP) is 3.41. The molecular weight excluding hydrogens is 403 g/mol. The molecular formula is C20H20F3N3O4. The monoisotopic (exact) mass is 423 g/mol. The van der Waals surface area contributed by atoms with Crippen LogP contribution in [0.3, 0.4) is 0 Å². The minimum Gasteiger partial charge on any atom is -0.376 e. The molecule has 3 rings (SSSR count). The van der Waals surface area contributed by atoms with E-state index >= 15 is 0 Å². The number of benzene rings is 1. The van der Waals surface area contributed by atoms with Gasteiger partial charge in [-0.15, -0.1) is 0 Å². The number of hydrogen-bond acceptors (Lipinski definition) is 6. The molecule has 0 aliphatic carbocycles. The van der Waals surface area contributed by atoms with Crippen molar-refractivity contribution in [3.63, 3.8) is 0 Å². The molecule has 1 aromatic carbocycles. The van der Waals surface area contributed by atoms with Gasteiger partial charge in [0, 0.05) is 31.3 Å². The summed E-state index contributed by atoms with van der Waals surface area (Å²) < 4.78 is 47.7. The normalized spacial score (nSPS) is 16.9. The molecule has 1 aliphatic rings. The lowest BCUT2D eigenvalue weighted by molar-refractivity contribution is -0.159. The quantitative estimate of drug-likeness (QED) is 0.635. The van der Waals surface area contributed by atoms with Crippen molar-refractivity contribution < 1.29 is 32.0 Å². The molecule has 1 fully saturated rings. The number of alkyl halides is 3. The van der Waals surface area contributed by atoms with Gasteiger partial charge in [-0.25, -0.2) is 0 Å². The number of allylic oxidation sites excluding steroid dienone is 1. The van der Waals surface area contributed by atoms with Gasteiger partial charge in [0.1, 0.15) is 0 Å². The van der Waals surface area contributed by atoms with Gasteiger partial charge in [-0.3, -0.25) is 9.59 Å². The molecule has 0 N–H and O–H groups in total. The Morgan fingerprint density at radius 1 is 1.23 bits per heavy atom. The van der Waals surface area contributed by atoms with Gasteiger partial charge < -0.3 is 14.2 Å². The van der Waals surface area contributed by atoms with Crippen LogP contribution in [0.15, 0.2) is 40.9 Å². The third kappa shape index (κ3) is 5.76. The number of amides is 1. The standard InChI is InChI=1S/C20H20F3N3O4/c1-13(27)4-9-17(28)26(12-16-3-2-10-29-16)11-14-5-7-15(8-6-14)18-24-19(30-25-18)20(21,22)23/h4-9,16H,2-3,10-12H2,1H3. The van der Waals surface area contributed by atoms with Gasteiger partial charge in [0.15, 0.2) is 5.78 Å². The molecule has 0 bridgehead atoms. The van der Waals surface area contributed by atoms with Crippen LogP contribution >= 0.6 is 0 Å². The Labute approximate surface area is 170 Å². The Balaban J connectivity index is 1.72. The van der Waals surface area contributed by atoms with Crippen LogP contribution in [0.25, 0.3) is 11.4 Å². The van der Waals surface area contributed by atoms with E-state index in [9.17, 15) is 22.8 Å². The summed E-state index contributed by atoms with van der Waals surface area (Å²) in [6, 6.07) is 6.45. The smallest absolute Gasteiger partial charge is 0.376 e. The number of carbonyl (C=O) groups excluding carboxylic acids is 2. The number of aromatic nitrogens is 2. The lowest BCUT2D eigenvalue weighted by Crippen LogP contribution is -2.36. The third-order valence-corrected chi connectivity index (χ3v) is 4.47. The topological polar surface area (TPSA) is 85.5 Å². The second-order valence-corrected chi connectivity index (χ2v) is 6.92. The molecule has 2 heterocycles. The number of halogens is 3. The number of ketones is 1. The van der Waals surface area contributed by atoms with Crippen LogP contribution in [0.1, 0.15) is 31.2 Å². The van der Waals surface area contributed by atoms with Crippen molar-refractivity contribution in [2.24, 2.45) is 0 Å². The second kappa shape index (κ2) is 9.21. The van der Waals surface area contributed by atoms with Crippen LogP contribution < -0.4 is 0 Å². The molecule has 160 valence electrons. The molecule has 0 saturated carbocycles. The molecule has 7 nitrogen and oxygen atoms in total. The summed E-state index contributed by atoms with van der Waals surface area (Å²) in [5.41, 5.74) is 1.10. The highest BCUT2D eigenvalue weighted by Gasteiger charge is 2.38. The summed E-state index contributed by atoms with van der Waals surface area (Å²) in [4.78, 5) is 28.6. The summed E-state index contributed by atoms with van der Waals surface area (Å²) in [7, 11) is 0.